The van der Waals surface area contributed by atoms with Crippen LogP contribution in [0.15, 0.2) is 29.4 Å². The van der Waals surface area contributed by atoms with Gasteiger partial charge in [-0.3, -0.25) is 9.59 Å². The van der Waals surface area contributed by atoms with E-state index in [1.54, 1.807) is 38.4 Å². The molecule has 2 heterocycles. The third-order valence-electron chi connectivity index (χ3n) is 4.56. The van der Waals surface area contributed by atoms with Crippen LogP contribution in [0.4, 0.5) is 5.69 Å². The number of benzene rings is 1. The van der Waals surface area contributed by atoms with E-state index in [2.05, 4.69) is 20.1 Å². The lowest BCUT2D eigenvalue weighted by Gasteiger charge is -2.17. The second kappa shape index (κ2) is 9.59. The molecule has 9 heteroatoms. The molecular weight excluding hydrogens is 378 g/mol. The molecular formula is C19H25N5O3S. The highest BCUT2D eigenvalue weighted by molar-refractivity contribution is 7.99. The second-order valence-electron chi connectivity index (χ2n) is 6.68. The number of carbonyl (C=O) groups is 2. The maximum atomic E-state index is 12.4. The predicted octanol–water partition coefficient (Wildman–Crippen LogP) is 2.20. The monoisotopic (exact) mass is 403 g/mol. The molecule has 1 aromatic heterocycles. The summed E-state index contributed by atoms with van der Waals surface area (Å²) in [4.78, 5) is 26.0. The summed E-state index contributed by atoms with van der Waals surface area (Å²) in [6, 6.07) is 7.09. The molecule has 150 valence electrons. The van der Waals surface area contributed by atoms with E-state index in [1.165, 1.54) is 23.1 Å². The molecule has 8 nitrogen and oxygen atoms in total. The molecule has 3 rings (SSSR count). The van der Waals surface area contributed by atoms with Gasteiger partial charge in [0.15, 0.2) is 5.16 Å². The highest BCUT2D eigenvalue weighted by Crippen LogP contribution is 2.22. The summed E-state index contributed by atoms with van der Waals surface area (Å²) in [7, 11) is 3.19. The Labute approximate surface area is 168 Å². The molecule has 0 unspecified atom stereocenters. The van der Waals surface area contributed by atoms with E-state index in [9.17, 15) is 9.59 Å². The normalized spacial score (nSPS) is 13.4. The number of thioether (sulfide) groups is 1. The summed E-state index contributed by atoms with van der Waals surface area (Å²) in [5.74, 6) is 1.49. The van der Waals surface area contributed by atoms with E-state index < -0.39 is 0 Å². The van der Waals surface area contributed by atoms with E-state index in [-0.39, 0.29) is 24.1 Å². The van der Waals surface area contributed by atoms with Gasteiger partial charge in [-0.05, 0) is 25.0 Å². The zero-order valence-corrected chi connectivity index (χ0v) is 17.0. The fourth-order valence-corrected chi connectivity index (χ4v) is 3.93. The van der Waals surface area contributed by atoms with E-state index in [1.807, 2.05) is 0 Å². The molecule has 2 amide bonds. The molecule has 0 fully saturated rings. The van der Waals surface area contributed by atoms with Crippen LogP contribution in [0.3, 0.4) is 0 Å². The fourth-order valence-electron chi connectivity index (χ4n) is 3.01. The van der Waals surface area contributed by atoms with Crippen molar-refractivity contribution in [3.05, 3.63) is 30.1 Å². The standard InChI is InChI=1S/C19H25N5O3S/c1-23(12-17(25)20-14-7-6-8-15(11-14)27-2)18(26)13-28-19-22-21-16-9-4-3-5-10-24(16)19/h6-8,11H,3-5,9-10,12-13H2,1-2H3,(H,20,25). The number of aromatic nitrogens is 3. The average molecular weight is 404 g/mol. The molecule has 1 N–H and O–H groups in total. The number of carbonyl (C=O) groups excluding carboxylic acids is 2. The number of hydrogen-bond acceptors (Lipinski definition) is 6. The van der Waals surface area contributed by atoms with Crippen molar-refractivity contribution in [1.29, 1.82) is 0 Å². The van der Waals surface area contributed by atoms with Crippen LogP contribution in [-0.4, -0.2) is 57.9 Å². The molecule has 1 aromatic carbocycles. The average Bonchev–Trinajstić information content (AvgIpc) is 2.92. The molecule has 0 atom stereocenters. The van der Waals surface area contributed by atoms with Gasteiger partial charge >= 0.3 is 0 Å². The Morgan fingerprint density at radius 1 is 1.29 bits per heavy atom. The number of aryl methyl sites for hydroxylation is 1. The first-order chi connectivity index (χ1) is 13.6. The molecule has 1 aliphatic rings. The number of nitrogens with one attached hydrogen (secondary N) is 1. The molecule has 0 aliphatic carbocycles. The van der Waals surface area contributed by atoms with Gasteiger partial charge in [-0.1, -0.05) is 24.2 Å². The number of fused-ring (bicyclic) bond motifs is 1. The highest BCUT2D eigenvalue weighted by atomic mass is 32.2. The van der Waals surface area contributed by atoms with Crippen molar-refractivity contribution in [2.24, 2.45) is 0 Å². The molecule has 0 bridgehead atoms. The number of methoxy groups -OCH3 is 1. The summed E-state index contributed by atoms with van der Waals surface area (Å²) >= 11 is 1.37. The number of nitrogens with zero attached hydrogens (tertiary/aromatic N) is 4. The van der Waals surface area contributed by atoms with Crippen molar-refractivity contribution in [3.8, 4) is 5.75 Å². The Hall–Kier alpha value is -2.55. The zero-order chi connectivity index (χ0) is 19.9. The number of amides is 2. The van der Waals surface area contributed by atoms with E-state index >= 15 is 0 Å². The molecule has 0 saturated carbocycles. The molecule has 0 radical (unpaired) electrons. The Morgan fingerprint density at radius 3 is 2.96 bits per heavy atom. The first kappa shape index (κ1) is 20.2. The number of ether oxygens (including phenoxy) is 1. The van der Waals surface area contributed by atoms with Crippen LogP contribution in [0, 0.1) is 0 Å². The van der Waals surface area contributed by atoms with Crippen LogP contribution in [0.5, 0.6) is 5.75 Å². The van der Waals surface area contributed by atoms with Crippen molar-refractivity contribution in [1.82, 2.24) is 19.7 Å². The highest BCUT2D eigenvalue weighted by Gasteiger charge is 2.18. The number of rotatable bonds is 7. The van der Waals surface area contributed by atoms with Gasteiger partial charge in [0, 0.05) is 31.8 Å². The largest absolute Gasteiger partial charge is 0.497 e. The van der Waals surface area contributed by atoms with Gasteiger partial charge in [0.1, 0.15) is 11.6 Å². The Morgan fingerprint density at radius 2 is 2.14 bits per heavy atom. The number of anilines is 1. The minimum Gasteiger partial charge on any atom is -0.497 e. The van der Waals surface area contributed by atoms with Gasteiger partial charge in [-0.15, -0.1) is 10.2 Å². The summed E-state index contributed by atoms with van der Waals surface area (Å²) in [6.45, 7) is 0.881. The van der Waals surface area contributed by atoms with Crippen LogP contribution in [0.1, 0.15) is 25.1 Å². The van der Waals surface area contributed by atoms with Gasteiger partial charge < -0.3 is 19.5 Å². The van der Waals surface area contributed by atoms with E-state index in [4.69, 9.17) is 4.74 Å². The van der Waals surface area contributed by atoms with Gasteiger partial charge in [0.25, 0.3) is 0 Å². The molecule has 28 heavy (non-hydrogen) atoms. The smallest absolute Gasteiger partial charge is 0.243 e. The first-order valence-electron chi connectivity index (χ1n) is 9.29. The number of hydrogen-bond donors (Lipinski definition) is 1. The van der Waals surface area contributed by atoms with Crippen LogP contribution < -0.4 is 10.1 Å². The molecule has 0 spiro atoms. The SMILES string of the molecule is COc1cccc(NC(=O)CN(C)C(=O)CSc2nnc3n2CCCCC3)c1. The van der Waals surface area contributed by atoms with Crippen LogP contribution >= 0.6 is 11.8 Å². The predicted molar refractivity (Wildman–Crippen MR) is 108 cm³/mol. The van der Waals surface area contributed by atoms with Crippen molar-refractivity contribution < 1.29 is 14.3 Å². The lowest BCUT2D eigenvalue weighted by atomic mass is 10.2. The third-order valence-corrected chi connectivity index (χ3v) is 5.51. The Balaban J connectivity index is 1.49. The van der Waals surface area contributed by atoms with Gasteiger partial charge in [0.2, 0.25) is 11.8 Å². The Kier molecular flexibility index (Phi) is 6.91. The third kappa shape index (κ3) is 5.25. The van der Waals surface area contributed by atoms with Crippen LogP contribution in [0.25, 0.3) is 0 Å². The Bertz CT molecular complexity index is 839. The van der Waals surface area contributed by atoms with Crippen molar-refractivity contribution in [2.75, 3.05) is 31.8 Å². The second-order valence-corrected chi connectivity index (χ2v) is 7.62. The summed E-state index contributed by atoms with van der Waals surface area (Å²) in [5.41, 5.74) is 0.630. The maximum absolute atomic E-state index is 12.4. The van der Waals surface area contributed by atoms with Crippen LogP contribution in [0.2, 0.25) is 0 Å². The topological polar surface area (TPSA) is 89.3 Å². The molecule has 1 aliphatic heterocycles. The van der Waals surface area contributed by atoms with Crippen LogP contribution in [-0.2, 0) is 22.6 Å². The van der Waals surface area contributed by atoms with E-state index in [0.717, 1.165) is 36.8 Å². The summed E-state index contributed by atoms with van der Waals surface area (Å²) < 4.78 is 7.25. The quantitative estimate of drug-likeness (QED) is 0.713. The molecule has 2 aromatic rings. The van der Waals surface area contributed by atoms with Crippen molar-refractivity contribution >= 4 is 29.3 Å². The van der Waals surface area contributed by atoms with Gasteiger partial charge in [0.05, 0.1) is 19.4 Å². The van der Waals surface area contributed by atoms with Gasteiger partial charge in [-0.2, -0.15) is 0 Å². The number of likely N-dealkylation sites (N-methyl/N-ethyl adjacent to an activating group) is 1. The van der Waals surface area contributed by atoms with Crippen molar-refractivity contribution in [3.63, 3.8) is 0 Å². The summed E-state index contributed by atoms with van der Waals surface area (Å²) in [5, 5.41) is 12.0. The minimum absolute atomic E-state index is 0.0193. The minimum atomic E-state index is -0.259. The maximum Gasteiger partial charge on any atom is 0.243 e. The lowest BCUT2D eigenvalue weighted by molar-refractivity contribution is -0.131. The van der Waals surface area contributed by atoms with Gasteiger partial charge in [-0.25, -0.2) is 0 Å². The first-order valence-corrected chi connectivity index (χ1v) is 10.3. The summed E-state index contributed by atoms with van der Waals surface area (Å²) in [6.07, 6.45) is 4.37. The fraction of sp³-hybridized carbons (Fsp3) is 0.474. The van der Waals surface area contributed by atoms with Crippen molar-refractivity contribution in [2.45, 2.75) is 37.4 Å². The van der Waals surface area contributed by atoms with E-state index in [0.29, 0.717) is 11.4 Å². The zero-order valence-electron chi connectivity index (χ0n) is 16.2. The molecule has 0 saturated heterocycles. The lowest BCUT2D eigenvalue weighted by Crippen LogP contribution is -2.36.